The van der Waals surface area contributed by atoms with E-state index in [1.165, 1.54) is 0 Å². The van der Waals surface area contributed by atoms with Crippen molar-refractivity contribution in [3.8, 4) is 0 Å². The summed E-state index contributed by atoms with van der Waals surface area (Å²) < 4.78 is 5.40. The molecule has 1 rings (SSSR count). The van der Waals surface area contributed by atoms with Gasteiger partial charge in [0.25, 0.3) is 5.91 Å². The molecule has 0 aliphatic rings. The number of amides is 1. The van der Waals surface area contributed by atoms with E-state index in [-0.39, 0.29) is 5.91 Å². The predicted molar refractivity (Wildman–Crippen MR) is 77.3 cm³/mol. The van der Waals surface area contributed by atoms with Crippen LogP contribution < -0.4 is 11.1 Å². The maximum atomic E-state index is 11.9. The topological polar surface area (TPSA) is 67.6 Å². The molecule has 0 spiro atoms. The third-order valence-electron chi connectivity index (χ3n) is 2.78. The molecule has 3 N–H and O–H groups in total. The zero-order chi connectivity index (χ0) is 14.3. The van der Waals surface area contributed by atoms with E-state index in [9.17, 15) is 4.79 Å². The van der Waals surface area contributed by atoms with Gasteiger partial charge in [-0.15, -0.1) is 0 Å². The van der Waals surface area contributed by atoms with Crippen molar-refractivity contribution in [3.05, 3.63) is 29.3 Å². The summed E-state index contributed by atoms with van der Waals surface area (Å²) in [6.45, 7) is 4.41. The highest BCUT2D eigenvalue weighted by Crippen LogP contribution is 2.15. The lowest BCUT2D eigenvalue weighted by atomic mass is 10.1. The highest BCUT2D eigenvalue weighted by Gasteiger charge is 2.09. The number of ether oxygens (including phenoxy) is 1. The second kappa shape index (κ2) is 7.76. The van der Waals surface area contributed by atoms with Crippen LogP contribution in [-0.4, -0.2) is 51.2 Å². The number of rotatable bonds is 7. The number of nitrogens with two attached hydrogens (primary N) is 1. The van der Waals surface area contributed by atoms with Gasteiger partial charge in [-0.25, -0.2) is 0 Å². The quantitative estimate of drug-likeness (QED) is 0.567. The van der Waals surface area contributed by atoms with Gasteiger partial charge in [0.1, 0.15) is 0 Å². The van der Waals surface area contributed by atoms with Gasteiger partial charge in [-0.05, 0) is 32.6 Å². The van der Waals surface area contributed by atoms with Crippen molar-refractivity contribution in [1.82, 2.24) is 10.2 Å². The van der Waals surface area contributed by atoms with E-state index in [4.69, 9.17) is 10.5 Å². The third kappa shape index (κ3) is 5.28. The van der Waals surface area contributed by atoms with Crippen molar-refractivity contribution in [1.29, 1.82) is 0 Å². The monoisotopic (exact) mass is 265 g/mol. The lowest BCUT2D eigenvalue weighted by Gasteiger charge is -2.11. The van der Waals surface area contributed by atoms with E-state index in [0.29, 0.717) is 31.0 Å². The first kappa shape index (κ1) is 15.5. The van der Waals surface area contributed by atoms with E-state index in [1.807, 2.05) is 38.1 Å². The van der Waals surface area contributed by atoms with Crippen LogP contribution in [0.25, 0.3) is 0 Å². The van der Waals surface area contributed by atoms with Crippen LogP contribution in [0.2, 0.25) is 0 Å². The average Bonchev–Trinajstić information content (AvgIpc) is 2.36. The maximum Gasteiger partial charge on any atom is 0.253 e. The van der Waals surface area contributed by atoms with Crippen molar-refractivity contribution < 1.29 is 9.53 Å². The number of aryl methyl sites for hydroxylation is 1. The van der Waals surface area contributed by atoms with Gasteiger partial charge in [0, 0.05) is 18.8 Å². The van der Waals surface area contributed by atoms with Crippen LogP contribution in [0.5, 0.6) is 0 Å². The van der Waals surface area contributed by atoms with Crippen molar-refractivity contribution in [2.24, 2.45) is 0 Å². The second-order valence-electron chi connectivity index (χ2n) is 4.71. The molecule has 0 heterocycles. The Morgan fingerprint density at radius 3 is 2.79 bits per heavy atom. The molecule has 0 aliphatic heterocycles. The Kier molecular flexibility index (Phi) is 6.32. The Labute approximate surface area is 114 Å². The standard InChI is InChI=1S/C14H23N3O2/c1-11-5-4-6-12(13(11)15)14(18)16-7-9-19-10-8-17(2)3/h4-6H,7-10,15H2,1-3H3,(H,16,18). The highest BCUT2D eigenvalue weighted by atomic mass is 16.5. The number of benzene rings is 1. The van der Waals surface area contributed by atoms with Crippen molar-refractivity contribution in [3.63, 3.8) is 0 Å². The molecule has 0 unspecified atom stereocenters. The van der Waals surface area contributed by atoms with Crippen LogP contribution >= 0.6 is 0 Å². The summed E-state index contributed by atoms with van der Waals surface area (Å²) in [5.74, 6) is -0.155. The Morgan fingerprint density at radius 1 is 1.37 bits per heavy atom. The van der Waals surface area contributed by atoms with E-state index in [0.717, 1.165) is 12.1 Å². The number of anilines is 1. The fourth-order valence-electron chi connectivity index (χ4n) is 1.56. The third-order valence-corrected chi connectivity index (χ3v) is 2.78. The molecule has 0 atom stereocenters. The van der Waals surface area contributed by atoms with Gasteiger partial charge < -0.3 is 20.7 Å². The number of hydrogen-bond donors (Lipinski definition) is 2. The summed E-state index contributed by atoms with van der Waals surface area (Å²) in [6.07, 6.45) is 0. The summed E-state index contributed by atoms with van der Waals surface area (Å²) in [4.78, 5) is 14.0. The molecule has 0 radical (unpaired) electrons. The number of carbonyl (C=O) groups is 1. The molecule has 1 aromatic carbocycles. The molecule has 106 valence electrons. The number of carbonyl (C=O) groups excluding carboxylic acids is 1. The molecule has 0 aliphatic carbocycles. The molecule has 0 aromatic heterocycles. The number of nitrogens with one attached hydrogen (secondary N) is 1. The van der Waals surface area contributed by atoms with E-state index >= 15 is 0 Å². The van der Waals surface area contributed by atoms with Crippen molar-refractivity contribution in [2.45, 2.75) is 6.92 Å². The second-order valence-corrected chi connectivity index (χ2v) is 4.71. The summed E-state index contributed by atoms with van der Waals surface area (Å²) in [5, 5.41) is 2.80. The Bertz CT molecular complexity index is 419. The Hall–Kier alpha value is -1.59. The van der Waals surface area contributed by atoms with Crippen LogP contribution in [0.4, 0.5) is 5.69 Å². The number of para-hydroxylation sites is 1. The average molecular weight is 265 g/mol. The van der Waals surface area contributed by atoms with Gasteiger partial charge in [0.2, 0.25) is 0 Å². The van der Waals surface area contributed by atoms with Gasteiger partial charge in [0.15, 0.2) is 0 Å². The van der Waals surface area contributed by atoms with Gasteiger partial charge in [0.05, 0.1) is 18.8 Å². The number of nitrogens with zero attached hydrogens (tertiary/aromatic N) is 1. The smallest absolute Gasteiger partial charge is 0.253 e. The van der Waals surface area contributed by atoms with Crippen LogP contribution in [0.15, 0.2) is 18.2 Å². The zero-order valence-electron chi connectivity index (χ0n) is 11.9. The van der Waals surface area contributed by atoms with Crippen molar-refractivity contribution >= 4 is 11.6 Å². The molecule has 0 fully saturated rings. The van der Waals surface area contributed by atoms with Crippen LogP contribution in [0.3, 0.4) is 0 Å². The SMILES string of the molecule is Cc1cccc(C(=O)NCCOCCN(C)C)c1N. The first-order chi connectivity index (χ1) is 9.02. The van der Waals surface area contributed by atoms with Crippen molar-refractivity contribution in [2.75, 3.05) is 46.1 Å². The van der Waals surface area contributed by atoms with Crippen LogP contribution in [0, 0.1) is 6.92 Å². The van der Waals surface area contributed by atoms with E-state index in [2.05, 4.69) is 5.32 Å². The van der Waals surface area contributed by atoms with Crippen LogP contribution in [-0.2, 0) is 4.74 Å². The summed E-state index contributed by atoms with van der Waals surface area (Å²) in [6, 6.07) is 5.44. The number of nitrogen functional groups attached to an aromatic ring is 1. The molecule has 1 amide bonds. The summed E-state index contributed by atoms with van der Waals surface area (Å²) >= 11 is 0. The molecular weight excluding hydrogens is 242 g/mol. The van der Waals surface area contributed by atoms with Gasteiger partial charge in [-0.3, -0.25) is 4.79 Å². The van der Waals surface area contributed by atoms with E-state index < -0.39 is 0 Å². The summed E-state index contributed by atoms with van der Waals surface area (Å²) in [7, 11) is 3.98. The molecule has 5 nitrogen and oxygen atoms in total. The van der Waals surface area contributed by atoms with Gasteiger partial charge in [-0.2, -0.15) is 0 Å². The number of likely N-dealkylation sites (N-methyl/N-ethyl adjacent to an activating group) is 1. The molecule has 1 aromatic rings. The summed E-state index contributed by atoms with van der Waals surface area (Å²) in [5.41, 5.74) is 7.84. The molecule has 0 saturated heterocycles. The fraction of sp³-hybridized carbons (Fsp3) is 0.500. The Morgan fingerprint density at radius 2 is 2.11 bits per heavy atom. The number of hydrogen-bond acceptors (Lipinski definition) is 4. The van der Waals surface area contributed by atoms with Crippen LogP contribution in [0.1, 0.15) is 15.9 Å². The molecular formula is C14H23N3O2. The molecule has 0 bridgehead atoms. The Balaban J connectivity index is 2.30. The lowest BCUT2D eigenvalue weighted by Crippen LogP contribution is -2.29. The minimum atomic E-state index is -0.155. The molecule has 19 heavy (non-hydrogen) atoms. The minimum absolute atomic E-state index is 0.155. The largest absolute Gasteiger partial charge is 0.398 e. The minimum Gasteiger partial charge on any atom is -0.398 e. The highest BCUT2D eigenvalue weighted by molar-refractivity contribution is 5.99. The lowest BCUT2D eigenvalue weighted by molar-refractivity contribution is 0.0901. The first-order valence-corrected chi connectivity index (χ1v) is 6.38. The molecule has 5 heteroatoms. The van der Waals surface area contributed by atoms with E-state index in [1.54, 1.807) is 6.07 Å². The fourth-order valence-corrected chi connectivity index (χ4v) is 1.56. The van der Waals surface area contributed by atoms with Gasteiger partial charge >= 0.3 is 0 Å². The first-order valence-electron chi connectivity index (χ1n) is 6.38. The predicted octanol–water partition coefficient (Wildman–Crippen LogP) is 0.885. The molecule has 0 saturated carbocycles. The maximum absolute atomic E-state index is 11.9. The zero-order valence-corrected chi connectivity index (χ0v) is 11.9. The van der Waals surface area contributed by atoms with Gasteiger partial charge in [-0.1, -0.05) is 12.1 Å². The normalized spacial score (nSPS) is 10.7.